The van der Waals surface area contributed by atoms with Crippen LogP contribution in [0.3, 0.4) is 0 Å². The van der Waals surface area contributed by atoms with Crippen molar-refractivity contribution in [3.8, 4) is 0 Å². The van der Waals surface area contributed by atoms with Crippen molar-refractivity contribution < 1.29 is 9.63 Å². The molecule has 0 saturated heterocycles. The Hall–Kier alpha value is -1.62. The molecule has 5 heteroatoms. The Morgan fingerprint density at radius 1 is 1.44 bits per heavy atom. The molecule has 16 heavy (non-hydrogen) atoms. The van der Waals surface area contributed by atoms with E-state index in [9.17, 15) is 4.79 Å². The lowest BCUT2D eigenvalue weighted by atomic mass is 10.3. The van der Waals surface area contributed by atoms with Gasteiger partial charge in [-0.3, -0.25) is 0 Å². The summed E-state index contributed by atoms with van der Waals surface area (Å²) in [7, 11) is 0. The molecule has 0 aliphatic rings. The summed E-state index contributed by atoms with van der Waals surface area (Å²) < 4.78 is 0. The van der Waals surface area contributed by atoms with Crippen LogP contribution in [0.25, 0.3) is 0 Å². The highest BCUT2D eigenvalue weighted by Gasteiger charge is 2.14. The van der Waals surface area contributed by atoms with Crippen molar-refractivity contribution in [3.05, 3.63) is 39.3 Å². The third-order valence-corrected chi connectivity index (χ3v) is 3.18. The van der Waals surface area contributed by atoms with Crippen LogP contribution < -0.4 is 4.84 Å². The van der Waals surface area contributed by atoms with Crippen LogP contribution in [0.2, 0.25) is 0 Å². The molecule has 0 aliphatic carbocycles. The number of aryl methyl sites for hydroxylation is 3. The van der Waals surface area contributed by atoms with Crippen LogP contribution in [0.1, 0.15) is 26.6 Å². The van der Waals surface area contributed by atoms with Crippen LogP contribution in [0.15, 0.2) is 17.5 Å². The molecule has 0 aromatic carbocycles. The van der Waals surface area contributed by atoms with Gasteiger partial charge in [-0.2, -0.15) is 0 Å². The van der Waals surface area contributed by atoms with E-state index in [1.54, 1.807) is 0 Å². The topological polar surface area (TPSA) is 44.1 Å². The molecule has 84 valence electrons. The lowest BCUT2D eigenvalue weighted by Crippen LogP contribution is -2.21. The largest absolute Gasteiger partial charge is 0.375 e. The van der Waals surface area contributed by atoms with Crippen LogP contribution >= 0.6 is 11.3 Å². The van der Waals surface area contributed by atoms with E-state index in [4.69, 9.17) is 4.84 Å². The fraction of sp³-hybridized carbons (Fsp3) is 0.273. The molecular weight excluding hydrogens is 224 g/mol. The maximum Gasteiger partial charge on any atom is 0.375 e. The number of aromatic nitrogens is 2. The number of thiophene rings is 1. The van der Waals surface area contributed by atoms with Gasteiger partial charge in [0.2, 0.25) is 0 Å². The monoisotopic (exact) mass is 236 g/mol. The zero-order valence-corrected chi connectivity index (χ0v) is 10.2. The molecule has 2 rings (SSSR count). The highest BCUT2D eigenvalue weighted by molar-refractivity contribution is 7.12. The Morgan fingerprint density at radius 2 is 2.19 bits per heavy atom. The number of hydrogen-bond acceptors (Lipinski definition) is 4. The predicted octanol–water partition coefficient (Wildman–Crippen LogP) is 2.14. The number of carbonyl (C=O) groups excluding carboxylic acids is 1. The van der Waals surface area contributed by atoms with E-state index < -0.39 is 0 Å². The third kappa shape index (κ3) is 1.99. The summed E-state index contributed by atoms with van der Waals surface area (Å²) in [5.74, 6) is -0.362. The van der Waals surface area contributed by atoms with Crippen molar-refractivity contribution in [3.63, 3.8) is 0 Å². The van der Waals surface area contributed by atoms with Gasteiger partial charge in [-0.15, -0.1) is 16.4 Å². The maximum atomic E-state index is 11.8. The normalized spacial score (nSPS) is 10.4. The average Bonchev–Trinajstić information content (AvgIpc) is 2.74. The predicted molar refractivity (Wildman–Crippen MR) is 61.7 cm³/mol. The van der Waals surface area contributed by atoms with Crippen LogP contribution in [-0.2, 0) is 0 Å². The summed E-state index contributed by atoms with van der Waals surface area (Å²) in [4.78, 5) is 18.8. The van der Waals surface area contributed by atoms with Crippen LogP contribution in [0, 0.1) is 20.8 Å². The van der Waals surface area contributed by atoms with Crippen molar-refractivity contribution in [2.24, 2.45) is 0 Å². The zero-order chi connectivity index (χ0) is 11.7. The van der Waals surface area contributed by atoms with Gasteiger partial charge in [0.05, 0.1) is 11.4 Å². The van der Waals surface area contributed by atoms with E-state index in [0.29, 0.717) is 4.88 Å². The Balaban J connectivity index is 2.20. The van der Waals surface area contributed by atoms with E-state index in [1.807, 2.05) is 38.3 Å². The molecule has 2 aromatic rings. The Kier molecular flexibility index (Phi) is 2.78. The minimum atomic E-state index is -0.362. The second-order valence-corrected chi connectivity index (χ2v) is 4.53. The molecule has 2 aromatic heterocycles. The van der Waals surface area contributed by atoms with Gasteiger partial charge < -0.3 is 4.84 Å². The highest BCUT2D eigenvalue weighted by atomic mass is 32.1. The lowest BCUT2D eigenvalue weighted by Gasteiger charge is -2.03. The molecule has 0 spiro atoms. The van der Waals surface area contributed by atoms with Crippen molar-refractivity contribution >= 4 is 17.3 Å². The van der Waals surface area contributed by atoms with Crippen molar-refractivity contribution in [1.82, 2.24) is 9.94 Å². The van der Waals surface area contributed by atoms with E-state index >= 15 is 0 Å². The first-order valence-electron chi connectivity index (χ1n) is 4.88. The summed E-state index contributed by atoms with van der Waals surface area (Å²) in [6.45, 7) is 5.58. The summed E-state index contributed by atoms with van der Waals surface area (Å²) in [5.41, 5.74) is 2.56. The quantitative estimate of drug-likeness (QED) is 0.802. The zero-order valence-electron chi connectivity index (χ0n) is 9.35. The minimum absolute atomic E-state index is 0.362. The number of hydrogen-bond donors (Lipinski definition) is 0. The molecular formula is C11H12N2O2S. The summed E-state index contributed by atoms with van der Waals surface area (Å²) in [5, 5.41) is 5.94. The van der Waals surface area contributed by atoms with Crippen molar-refractivity contribution in [2.75, 3.05) is 0 Å². The highest BCUT2D eigenvalue weighted by Crippen LogP contribution is 2.15. The summed E-state index contributed by atoms with van der Waals surface area (Å²) >= 11 is 1.37. The maximum absolute atomic E-state index is 11.8. The first-order chi connectivity index (χ1) is 7.58. The summed E-state index contributed by atoms with van der Waals surface area (Å²) in [6.07, 6.45) is 0. The third-order valence-electron chi connectivity index (χ3n) is 2.18. The molecule has 0 unspecified atom stereocenters. The first kappa shape index (κ1) is 10.9. The number of rotatable bonds is 2. The number of carbonyl (C=O) groups is 1. The molecule has 0 radical (unpaired) electrons. The SMILES string of the molecule is Cc1cc(C)n(OC(=O)c2sccc2C)n1. The van der Waals surface area contributed by atoms with E-state index in [-0.39, 0.29) is 5.97 Å². The number of nitrogens with zero attached hydrogens (tertiary/aromatic N) is 2. The second kappa shape index (κ2) is 4.09. The van der Waals surface area contributed by atoms with Gasteiger partial charge in [-0.25, -0.2) is 4.79 Å². The van der Waals surface area contributed by atoms with Crippen molar-refractivity contribution in [2.45, 2.75) is 20.8 Å². The second-order valence-electron chi connectivity index (χ2n) is 3.61. The van der Waals surface area contributed by atoms with E-state index in [1.165, 1.54) is 16.2 Å². The van der Waals surface area contributed by atoms with Gasteiger partial charge in [0.1, 0.15) is 4.88 Å². The van der Waals surface area contributed by atoms with Gasteiger partial charge in [0.15, 0.2) is 0 Å². The lowest BCUT2D eigenvalue weighted by molar-refractivity contribution is 0.0386. The fourth-order valence-electron chi connectivity index (χ4n) is 1.40. The molecule has 2 heterocycles. The van der Waals surface area contributed by atoms with Gasteiger partial charge in [0.25, 0.3) is 0 Å². The minimum Gasteiger partial charge on any atom is -0.313 e. The Labute approximate surface area is 97.4 Å². The van der Waals surface area contributed by atoms with E-state index in [2.05, 4.69) is 5.10 Å². The molecule has 0 N–H and O–H groups in total. The molecule has 0 bridgehead atoms. The van der Waals surface area contributed by atoms with Gasteiger partial charge >= 0.3 is 5.97 Å². The van der Waals surface area contributed by atoms with Gasteiger partial charge in [-0.05, 0) is 43.8 Å². The van der Waals surface area contributed by atoms with Crippen LogP contribution in [0.5, 0.6) is 0 Å². The Bertz CT molecular complexity index is 528. The standard InChI is InChI=1S/C11H12N2O2S/c1-7-4-5-16-10(7)11(14)15-13-9(3)6-8(2)12-13/h4-6H,1-3H3. The first-order valence-corrected chi connectivity index (χ1v) is 5.76. The molecule has 0 fully saturated rings. The fourth-order valence-corrected chi connectivity index (χ4v) is 2.20. The van der Waals surface area contributed by atoms with Crippen molar-refractivity contribution in [1.29, 1.82) is 0 Å². The molecule has 0 atom stereocenters. The summed E-state index contributed by atoms with van der Waals surface area (Å²) in [6, 6.07) is 3.75. The Morgan fingerprint density at radius 3 is 2.69 bits per heavy atom. The van der Waals surface area contributed by atoms with Gasteiger partial charge in [-0.1, -0.05) is 4.85 Å². The smallest absolute Gasteiger partial charge is 0.313 e. The molecule has 0 saturated carbocycles. The molecule has 0 amide bonds. The van der Waals surface area contributed by atoms with Crippen LogP contribution in [0.4, 0.5) is 0 Å². The molecule has 4 nitrogen and oxygen atoms in total. The average molecular weight is 236 g/mol. The molecule has 0 aliphatic heterocycles. The van der Waals surface area contributed by atoms with Crippen LogP contribution in [-0.4, -0.2) is 15.9 Å². The van der Waals surface area contributed by atoms with Gasteiger partial charge in [0, 0.05) is 0 Å². The van der Waals surface area contributed by atoms with E-state index in [0.717, 1.165) is 17.0 Å².